The Hall–Kier alpha value is -0.511. The van der Waals surface area contributed by atoms with Crippen molar-refractivity contribution in [3.63, 3.8) is 0 Å². The van der Waals surface area contributed by atoms with Crippen molar-refractivity contribution in [2.75, 3.05) is 0 Å². The van der Waals surface area contributed by atoms with Gasteiger partial charge in [0.05, 0.1) is 0 Å². The van der Waals surface area contributed by atoms with Crippen LogP contribution in [0.15, 0.2) is 30.5 Å². The zero-order valence-electron chi connectivity index (χ0n) is 17.9. The van der Waals surface area contributed by atoms with E-state index >= 15 is 0 Å². The Bertz CT molecular complexity index is 476. The topological polar surface area (TPSA) is 22.1 Å². The third-order valence-corrected chi connectivity index (χ3v) is 17.7. The Morgan fingerprint density at radius 3 is 2.00 bits per heavy atom. The molecule has 0 radical (unpaired) electrons. The molecule has 0 bridgehead atoms. The van der Waals surface area contributed by atoms with Crippen LogP contribution in [0.4, 0.5) is 0 Å². The van der Waals surface area contributed by atoms with Crippen molar-refractivity contribution in [2.45, 2.75) is 92.9 Å². The van der Waals surface area contributed by atoms with Crippen LogP contribution in [0.1, 0.15) is 85.3 Å². The van der Waals surface area contributed by atoms with Crippen molar-refractivity contribution in [1.29, 1.82) is 0 Å². The fourth-order valence-electron chi connectivity index (χ4n) is 3.31. The van der Waals surface area contributed by atoms with Gasteiger partial charge >= 0.3 is 168 Å². The molecule has 26 heavy (non-hydrogen) atoms. The summed E-state index contributed by atoms with van der Waals surface area (Å²) in [5.74, 6) is 1.72. The molecule has 1 rings (SSSR count). The molecule has 0 spiro atoms. The van der Waals surface area contributed by atoms with Crippen LogP contribution >= 0.6 is 0 Å². The van der Waals surface area contributed by atoms with E-state index in [9.17, 15) is 0 Å². The van der Waals surface area contributed by atoms with Crippen LogP contribution in [0.3, 0.4) is 0 Å². The summed E-state index contributed by atoms with van der Waals surface area (Å²) in [5.41, 5.74) is 1.03. The van der Waals surface area contributed by atoms with E-state index in [4.69, 9.17) is 3.07 Å². The molecule has 0 atom stereocenters. The molecule has 1 aromatic heterocycles. The molecule has 0 aliphatic rings. The van der Waals surface area contributed by atoms with E-state index in [1.165, 1.54) is 51.8 Å². The van der Waals surface area contributed by atoms with Gasteiger partial charge in [0.2, 0.25) is 0 Å². The quantitative estimate of drug-likeness (QED) is 0.206. The van der Waals surface area contributed by atoms with Crippen LogP contribution in [0, 0.1) is 5.92 Å². The van der Waals surface area contributed by atoms with E-state index in [0.717, 1.165) is 17.9 Å². The van der Waals surface area contributed by atoms with Gasteiger partial charge in [-0.05, 0) is 0 Å². The Balaban J connectivity index is 3.14. The van der Waals surface area contributed by atoms with Gasteiger partial charge in [-0.25, -0.2) is 0 Å². The maximum absolute atomic E-state index is 7.09. The molecule has 0 fully saturated rings. The van der Waals surface area contributed by atoms with Crippen LogP contribution in [0.25, 0.3) is 5.76 Å². The first kappa shape index (κ1) is 23.5. The van der Waals surface area contributed by atoms with Gasteiger partial charge in [-0.3, -0.25) is 0 Å². The average molecular weight is 466 g/mol. The minimum absolute atomic E-state index is 0.642. The molecule has 3 heteroatoms. The van der Waals surface area contributed by atoms with Gasteiger partial charge in [-0.1, -0.05) is 0 Å². The van der Waals surface area contributed by atoms with Crippen LogP contribution in [-0.2, 0) is 3.07 Å². The van der Waals surface area contributed by atoms with Gasteiger partial charge in [0, 0.05) is 0 Å². The molecule has 0 saturated carbocycles. The van der Waals surface area contributed by atoms with E-state index < -0.39 is 18.8 Å². The number of allylic oxidation sites excluding steroid dienone is 1. The van der Waals surface area contributed by atoms with E-state index in [2.05, 4.69) is 57.8 Å². The zero-order valence-corrected chi connectivity index (χ0v) is 20.7. The summed E-state index contributed by atoms with van der Waals surface area (Å²) in [6, 6.07) is 6.18. The Kier molecular flexibility index (Phi) is 12.3. The molecule has 0 N–H and O–H groups in total. The summed E-state index contributed by atoms with van der Waals surface area (Å²) >= 11 is -2.68. The molecule has 1 heterocycles. The number of unbranched alkanes of at least 4 members (excludes halogenated alkanes) is 3. The van der Waals surface area contributed by atoms with E-state index in [0.29, 0.717) is 5.92 Å². The molecular weight excluding hydrogens is 425 g/mol. The van der Waals surface area contributed by atoms with Crippen LogP contribution in [0.5, 0.6) is 0 Å². The molecule has 148 valence electrons. The predicted octanol–water partition coefficient (Wildman–Crippen LogP) is 7.83. The first-order chi connectivity index (χ1) is 12.6. The van der Waals surface area contributed by atoms with Gasteiger partial charge in [0.15, 0.2) is 0 Å². The molecule has 0 unspecified atom stereocenters. The first-order valence-electron chi connectivity index (χ1n) is 10.9. The Labute approximate surface area is 167 Å². The Morgan fingerprint density at radius 2 is 1.58 bits per heavy atom. The van der Waals surface area contributed by atoms with Crippen molar-refractivity contribution >= 4 is 24.6 Å². The summed E-state index contributed by atoms with van der Waals surface area (Å²) in [5, 5.41) is 0. The molecule has 0 aromatic carbocycles. The molecule has 0 aliphatic carbocycles. The SMILES string of the molecule is CCC[CH2][Sn]([CH2]CCC)([CH2]CCC)[O]C(=CCC(C)C)c1ccccn1. The summed E-state index contributed by atoms with van der Waals surface area (Å²) in [7, 11) is 0. The summed E-state index contributed by atoms with van der Waals surface area (Å²) in [4.78, 5) is 4.62. The molecule has 0 saturated heterocycles. The van der Waals surface area contributed by atoms with Crippen LogP contribution in [-0.4, -0.2) is 23.8 Å². The summed E-state index contributed by atoms with van der Waals surface area (Å²) in [6.07, 6.45) is 13.1. The van der Waals surface area contributed by atoms with Gasteiger partial charge < -0.3 is 0 Å². The average Bonchev–Trinajstić information content (AvgIpc) is 2.66. The molecule has 0 aliphatic heterocycles. The minimum atomic E-state index is -2.68. The predicted molar refractivity (Wildman–Crippen MR) is 118 cm³/mol. The standard InChI is InChI=1S/C11H15NO.3C4H9.Sn/c1-9(2)6-7-11(13)10-5-3-4-8-12-10;3*1-3-4-2;/h3-5,7-9,13H,6H2,1-2H3;3*1,3-4H2,2H3;/q;;;;+1/p-1. The van der Waals surface area contributed by atoms with Crippen LogP contribution in [0.2, 0.25) is 13.3 Å². The zero-order chi connectivity index (χ0) is 19.3. The number of nitrogens with zero attached hydrogens (tertiary/aromatic N) is 1. The third-order valence-electron chi connectivity index (χ3n) is 4.98. The van der Waals surface area contributed by atoms with Crippen molar-refractivity contribution in [2.24, 2.45) is 5.92 Å². The molecular formula is C23H41NOSn. The van der Waals surface area contributed by atoms with Crippen molar-refractivity contribution in [1.82, 2.24) is 4.98 Å². The Morgan fingerprint density at radius 1 is 1.00 bits per heavy atom. The van der Waals surface area contributed by atoms with Gasteiger partial charge in [0.1, 0.15) is 0 Å². The van der Waals surface area contributed by atoms with Gasteiger partial charge in [-0.15, -0.1) is 0 Å². The van der Waals surface area contributed by atoms with Crippen molar-refractivity contribution in [3.05, 3.63) is 36.2 Å². The fourth-order valence-corrected chi connectivity index (χ4v) is 16.7. The van der Waals surface area contributed by atoms with E-state index in [1.54, 1.807) is 0 Å². The second kappa shape index (κ2) is 13.6. The first-order valence-corrected chi connectivity index (χ1v) is 18.1. The van der Waals surface area contributed by atoms with Crippen LogP contribution < -0.4 is 0 Å². The fraction of sp³-hybridized carbons (Fsp3) is 0.696. The van der Waals surface area contributed by atoms with E-state index in [-0.39, 0.29) is 0 Å². The van der Waals surface area contributed by atoms with Crippen molar-refractivity contribution < 1.29 is 3.07 Å². The second-order valence-corrected chi connectivity index (χ2v) is 19.6. The van der Waals surface area contributed by atoms with Crippen molar-refractivity contribution in [3.8, 4) is 0 Å². The molecule has 2 nitrogen and oxygen atoms in total. The van der Waals surface area contributed by atoms with Gasteiger partial charge in [0.25, 0.3) is 0 Å². The number of pyridine rings is 1. The number of aromatic nitrogens is 1. The van der Waals surface area contributed by atoms with Gasteiger partial charge in [-0.2, -0.15) is 0 Å². The molecule has 0 amide bonds. The number of hydrogen-bond acceptors (Lipinski definition) is 2. The second-order valence-electron chi connectivity index (χ2n) is 8.01. The number of hydrogen-bond donors (Lipinski definition) is 0. The normalized spacial score (nSPS) is 12.6. The maximum atomic E-state index is 7.09. The monoisotopic (exact) mass is 467 g/mol. The summed E-state index contributed by atoms with van der Waals surface area (Å²) in [6.45, 7) is 11.5. The molecule has 1 aromatic rings. The van der Waals surface area contributed by atoms with E-state index in [1.807, 2.05) is 12.3 Å². The summed E-state index contributed by atoms with van der Waals surface area (Å²) < 4.78 is 11.2. The number of rotatable bonds is 14. The third kappa shape index (κ3) is 8.92.